The number of nitrogens with two attached hydrogens (primary N) is 1. The standard InChI is InChI=1S/C22H22N2O5/c1-24(11-19(25)26)21(28)22(23)10-18(22)20(27)29-12-17-15-8-4-2-6-13(15)14-7-3-5-9-16(14)17/h2-9,17-18H,10-12,23H2,1H3,(H,25,26). The molecule has 2 aliphatic rings. The first kappa shape index (κ1) is 19.1. The first-order valence-electron chi connectivity index (χ1n) is 9.44. The Morgan fingerprint density at radius 1 is 1.10 bits per heavy atom. The molecule has 0 aromatic heterocycles. The molecule has 0 heterocycles. The second-order valence-corrected chi connectivity index (χ2v) is 7.71. The average Bonchev–Trinajstić information content (AvgIpc) is 3.30. The molecule has 4 rings (SSSR count). The highest BCUT2D eigenvalue weighted by Gasteiger charge is 2.63. The number of hydrogen-bond donors (Lipinski definition) is 2. The summed E-state index contributed by atoms with van der Waals surface area (Å²) < 4.78 is 5.56. The van der Waals surface area contributed by atoms with Crippen molar-refractivity contribution in [1.82, 2.24) is 4.90 Å². The number of benzene rings is 2. The zero-order chi connectivity index (χ0) is 20.8. The third-order valence-corrected chi connectivity index (χ3v) is 5.76. The lowest BCUT2D eigenvalue weighted by atomic mass is 9.98. The van der Waals surface area contributed by atoms with E-state index in [-0.39, 0.29) is 18.9 Å². The fourth-order valence-corrected chi connectivity index (χ4v) is 4.14. The van der Waals surface area contributed by atoms with Gasteiger partial charge in [0.25, 0.3) is 0 Å². The molecule has 2 unspecified atom stereocenters. The van der Waals surface area contributed by atoms with Gasteiger partial charge in [-0.2, -0.15) is 0 Å². The molecular weight excluding hydrogens is 372 g/mol. The van der Waals surface area contributed by atoms with Crippen LogP contribution >= 0.6 is 0 Å². The molecule has 2 aromatic rings. The van der Waals surface area contributed by atoms with Crippen molar-refractivity contribution in [2.75, 3.05) is 20.2 Å². The Hall–Kier alpha value is -3.19. The van der Waals surface area contributed by atoms with E-state index in [1.807, 2.05) is 36.4 Å². The number of ether oxygens (including phenoxy) is 1. The summed E-state index contributed by atoms with van der Waals surface area (Å²) in [6, 6.07) is 16.1. The summed E-state index contributed by atoms with van der Waals surface area (Å²) in [6.45, 7) is -0.298. The fourth-order valence-electron chi connectivity index (χ4n) is 4.14. The smallest absolute Gasteiger partial charge is 0.323 e. The third kappa shape index (κ3) is 3.27. The predicted octanol–water partition coefficient (Wildman–Crippen LogP) is 1.60. The second kappa shape index (κ2) is 7.00. The number of carbonyl (C=O) groups is 3. The van der Waals surface area contributed by atoms with E-state index in [4.69, 9.17) is 15.6 Å². The Bertz CT molecular complexity index is 959. The van der Waals surface area contributed by atoms with Crippen LogP contribution in [0.1, 0.15) is 23.5 Å². The highest BCUT2D eigenvalue weighted by atomic mass is 16.5. The molecular formula is C22H22N2O5. The van der Waals surface area contributed by atoms with Gasteiger partial charge in [-0.05, 0) is 28.7 Å². The molecule has 3 N–H and O–H groups in total. The molecule has 0 saturated heterocycles. The van der Waals surface area contributed by atoms with Crippen LogP contribution < -0.4 is 5.73 Å². The van der Waals surface area contributed by atoms with Gasteiger partial charge in [-0.1, -0.05) is 48.5 Å². The lowest BCUT2D eigenvalue weighted by Gasteiger charge is -2.20. The largest absolute Gasteiger partial charge is 0.480 e. The predicted molar refractivity (Wildman–Crippen MR) is 105 cm³/mol. The maximum Gasteiger partial charge on any atom is 0.323 e. The molecule has 2 atom stereocenters. The van der Waals surface area contributed by atoms with E-state index >= 15 is 0 Å². The van der Waals surface area contributed by atoms with Crippen LogP contribution in [0.15, 0.2) is 48.5 Å². The maximum absolute atomic E-state index is 12.6. The number of aliphatic carboxylic acids is 1. The van der Waals surface area contributed by atoms with E-state index in [9.17, 15) is 14.4 Å². The number of esters is 1. The number of hydrogen-bond acceptors (Lipinski definition) is 5. The minimum atomic E-state index is -1.38. The van der Waals surface area contributed by atoms with Gasteiger partial charge < -0.3 is 20.5 Å². The van der Waals surface area contributed by atoms with Gasteiger partial charge in [-0.3, -0.25) is 14.4 Å². The van der Waals surface area contributed by atoms with Crippen molar-refractivity contribution in [1.29, 1.82) is 0 Å². The molecule has 1 fully saturated rings. The number of carbonyl (C=O) groups excluding carboxylic acids is 2. The van der Waals surface area contributed by atoms with Crippen molar-refractivity contribution in [2.24, 2.45) is 11.7 Å². The van der Waals surface area contributed by atoms with Gasteiger partial charge in [0.05, 0.1) is 5.92 Å². The molecule has 1 amide bonds. The first-order valence-corrected chi connectivity index (χ1v) is 9.44. The van der Waals surface area contributed by atoms with Crippen LogP contribution in [-0.4, -0.2) is 53.6 Å². The normalized spacial score (nSPS) is 21.8. The molecule has 7 heteroatoms. The number of fused-ring (bicyclic) bond motifs is 3. The molecule has 7 nitrogen and oxygen atoms in total. The van der Waals surface area contributed by atoms with E-state index in [1.165, 1.54) is 7.05 Å². The summed E-state index contributed by atoms with van der Waals surface area (Å²) in [4.78, 5) is 36.8. The lowest BCUT2D eigenvalue weighted by molar-refractivity contribution is -0.148. The molecule has 29 heavy (non-hydrogen) atoms. The summed E-state index contributed by atoms with van der Waals surface area (Å²) in [7, 11) is 1.36. The molecule has 2 aromatic carbocycles. The summed E-state index contributed by atoms with van der Waals surface area (Å²) in [5, 5.41) is 8.83. The number of nitrogens with zero attached hydrogens (tertiary/aromatic N) is 1. The van der Waals surface area contributed by atoms with Gasteiger partial charge in [-0.25, -0.2) is 0 Å². The van der Waals surface area contributed by atoms with Gasteiger partial charge in [-0.15, -0.1) is 0 Å². The summed E-state index contributed by atoms with van der Waals surface area (Å²) in [5.74, 6) is -3.03. The Balaban J connectivity index is 1.44. The molecule has 150 valence electrons. The van der Waals surface area contributed by atoms with Crippen LogP contribution in [0, 0.1) is 5.92 Å². The highest BCUT2D eigenvalue weighted by molar-refractivity contribution is 5.98. The van der Waals surface area contributed by atoms with Crippen LogP contribution in [0.5, 0.6) is 0 Å². The van der Waals surface area contributed by atoms with Crippen molar-refractivity contribution < 1.29 is 24.2 Å². The van der Waals surface area contributed by atoms with Gasteiger partial charge in [0.1, 0.15) is 18.7 Å². The van der Waals surface area contributed by atoms with Crippen LogP contribution in [0.4, 0.5) is 0 Å². The number of amides is 1. The number of likely N-dealkylation sites (N-methyl/N-ethyl adjacent to an activating group) is 1. The average molecular weight is 394 g/mol. The van der Waals surface area contributed by atoms with Crippen molar-refractivity contribution in [3.8, 4) is 11.1 Å². The molecule has 0 radical (unpaired) electrons. The van der Waals surface area contributed by atoms with Crippen LogP contribution in [0.2, 0.25) is 0 Å². The van der Waals surface area contributed by atoms with E-state index in [0.29, 0.717) is 0 Å². The number of carboxylic acid groups (broad SMARTS) is 1. The zero-order valence-corrected chi connectivity index (χ0v) is 16.0. The highest BCUT2D eigenvalue weighted by Crippen LogP contribution is 2.46. The van der Waals surface area contributed by atoms with E-state index in [0.717, 1.165) is 27.2 Å². The van der Waals surface area contributed by atoms with E-state index in [1.54, 1.807) is 0 Å². The summed E-state index contributed by atoms with van der Waals surface area (Å²) >= 11 is 0. The van der Waals surface area contributed by atoms with Gasteiger partial charge in [0.2, 0.25) is 5.91 Å². The molecule has 1 saturated carbocycles. The Labute approximate surface area is 168 Å². The lowest BCUT2D eigenvalue weighted by Crippen LogP contribution is -2.48. The molecule has 2 aliphatic carbocycles. The van der Waals surface area contributed by atoms with Crippen LogP contribution in [0.25, 0.3) is 11.1 Å². The third-order valence-electron chi connectivity index (χ3n) is 5.76. The molecule has 0 spiro atoms. The van der Waals surface area contributed by atoms with Crippen molar-refractivity contribution >= 4 is 17.8 Å². The van der Waals surface area contributed by atoms with Gasteiger partial charge in [0, 0.05) is 13.0 Å². The quantitative estimate of drug-likeness (QED) is 0.720. The van der Waals surface area contributed by atoms with Crippen LogP contribution in [-0.2, 0) is 19.1 Å². The monoisotopic (exact) mass is 394 g/mol. The number of rotatable bonds is 6. The SMILES string of the molecule is CN(CC(=O)O)C(=O)C1(N)CC1C(=O)OCC1c2ccccc2-c2ccccc21. The van der Waals surface area contributed by atoms with E-state index in [2.05, 4.69) is 12.1 Å². The molecule has 0 aliphatic heterocycles. The van der Waals surface area contributed by atoms with Gasteiger partial charge >= 0.3 is 11.9 Å². The minimum Gasteiger partial charge on any atom is -0.480 e. The fraction of sp³-hybridized carbons (Fsp3) is 0.318. The van der Waals surface area contributed by atoms with Crippen molar-refractivity contribution in [3.63, 3.8) is 0 Å². The Morgan fingerprint density at radius 2 is 1.66 bits per heavy atom. The van der Waals surface area contributed by atoms with Crippen molar-refractivity contribution in [2.45, 2.75) is 17.9 Å². The van der Waals surface area contributed by atoms with Crippen LogP contribution in [0.3, 0.4) is 0 Å². The zero-order valence-electron chi connectivity index (χ0n) is 16.0. The second-order valence-electron chi connectivity index (χ2n) is 7.71. The van der Waals surface area contributed by atoms with E-state index < -0.39 is 35.8 Å². The van der Waals surface area contributed by atoms with Gasteiger partial charge in [0.15, 0.2) is 0 Å². The summed E-state index contributed by atoms with van der Waals surface area (Å²) in [5.41, 5.74) is 9.16. The summed E-state index contributed by atoms with van der Waals surface area (Å²) in [6.07, 6.45) is 0.159. The maximum atomic E-state index is 12.6. The minimum absolute atomic E-state index is 0.0670. The first-order chi connectivity index (χ1) is 13.8. The van der Waals surface area contributed by atoms with Crippen molar-refractivity contribution in [3.05, 3.63) is 59.7 Å². The number of carboxylic acids is 1. The Morgan fingerprint density at radius 3 is 2.21 bits per heavy atom. The topological polar surface area (TPSA) is 110 Å². The molecule has 0 bridgehead atoms. The Kier molecular flexibility index (Phi) is 4.62.